The third-order valence-electron chi connectivity index (χ3n) is 6.31. The summed E-state index contributed by atoms with van der Waals surface area (Å²) in [6.45, 7) is 3.40. The molecule has 9 nitrogen and oxygen atoms in total. The predicted molar refractivity (Wildman–Crippen MR) is 132 cm³/mol. The van der Waals surface area contributed by atoms with Crippen molar-refractivity contribution in [3.05, 3.63) is 29.8 Å². The highest BCUT2D eigenvalue weighted by Gasteiger charge is 2.30. The van der Waals surface area contributed by atoms with Crippen molar-refractivity contribution in [2.75, 3.05) is 18.9 Å². The Morgan fingerprint density at radius 2 is 1.74 bits per heavy atom. The van der Waals surface area contributed by atoms with Crippen LogP contribution in [0.1, 0.15) is 51.5 Å². The van der Waals surface area contributed by atoms with E-state index in [0.717, 1.165) is 32.1 Å². The number of benzene rings is 1. The van der Waals surface area contributed by atoms with Gasteiger partial charge in [-0.25, -0.2) is 0 Å². The predicted octanol–water partition coefficient (Wildman–Crippen LogP) is 1.73. The number of amides is 2. The van der Waals surface area contributed by atoms with Crippen molar-refractivity contribution in [2.45, 2.75) is 70.6 Å². The standard InChI is InChI=1S/C24H40N3O6P/c1-16(2)22(25)24(31)27-21(12-17-8-10-19(28)11-9-17)23(30)26-13-20(29)15-34(32,33)14-18-6-4-3-5-7-18/h8-11,16,18,20-22,28-29H,3-7,12-15,25H2,1-2H3,(H,26,30)(H,27,31)(H,32,33). The van der Waals surface area contributed by atoms with Crippen LogP contribution in [0.2, 0.25) is 0 Å². The molecule has 0 radical (unpaired) electrons. The van der Waals surface area contributed by atoms with E-state index in [1.807, 2.05) is 0 Å². The molecule has 7 N–H and O–H groups in total. The number of carbonyl (C=O) groups is 2. The van der Waals surface area contributed by atoms with Gasteiger partial charge in [0, 0.05) is 19.1 Å². The van der Waals surface area contributed by atoms with Crippen molar-refractivity contribution >= 4 is 19.2 Å². The van der Waals surface area contributed by atoms with Crippen LogP contribution in [0.3, 0.4) is 0 Å². The van der Waals surface area contributed by atoms with Gasteiger partial charge in [-0.05, 0) is 42.4 Å². The van der Waals surface area contributed by atoms with E-state index < -0.39 is 37.4 Å². The largest absolute Gasteiger partial charge is 0.508 e. The van der Waals surface area contributed by atoms with E-state index in [-0.39, 0.29) is 42.9 Å². The minimum absolute atomic E-state index is 0.0837. The number of phenolic OH excluding ortho intramolecular Hbond substituents is 1. The van der Waals surface area contributed by atoms with E-state index in [2.05, 4.69) is 10.6 Å². The molecule has 1 aliphatic rings. The molecule has 10 heteroatoms. The zero-order valence-electron chi connectivity index (χ0n) is 20.2. The molecule has 0 spiro atoms. The first kappa shape index (κ1) is 28.3. The van der Waals surface area contributed by atoms with Gasteiger partial charge in [0.25, 0.3) is 0 Å². The summed E-state index contributed by atoms with van der Waals surface area (Å²) in [6, 6.07) is 4.51. The summed E-state index contributed by atoms with van der Waals surface area (Å²) >= 11 is 0. The lowest BCUT2D eigenvalue weighted by Gasteiger charge is -2.25. The Kier molecular flexibility index (Phi) is 11.0. The smallest absolute Gasteiger partial charge is 0.243 e. The topological polar surface area (TPSA) is 162 Å². The lowest BCUT2D eigenvalue weighted by atomic mass is 9.91. The molecule has 4 atom stereocenters. The maximum Gasteiger partial charge on any atom is 0.243 e. The zero-order valence-corrected chi connectivity index (χ0v) is 21.0. The third kappa shape index (κ3) is 9.74. The average molecular weight is 498 g/mol. The molecule has 2 amide bonds. The van der Waals surface area contributed by atoms with Gasteiger partial charge in [0.2, 0.25) is 19.2 Å². The van der Waals surface area contributed by atoms with Gasteiger partial charge in [0.05, 0.1) is 18.3 Å². The van der Waals surface area contributed by atoms with E-state index >= 15 is 0 Å². The van der Waals surface area contributed by atoms with Gasteiger partial charge < -0.3 is 31.5 Å². The summed E-state index contributed by atoms with van der Waals surface area (Å²) in [6.07, 6.45) is 4.07. The third-order valence-corrected chi connectivity index (χ3v) is 8.39. The molecule has 0 aliphatic heterocycles. The summed E-state index contributed by atoms with van der Waals surface area (Å²) in [5.41, 5.74) is 6.63. The molecule has 4 unspecified atom stereocenters. The van der Waals surface area contributed by atoms with Crippen molar-refractivity contribution in [3.63, 3.8) is 0 Å². The molecular weight excluding hydrogens is 457 g/mol. The molecular formula is C24H40N3O6P. The van der Waals surface area contributed by atoms with Crippen LogP contribution in [0.15, 0.2) is 24.3 Å². The number of hydrogen-bond acceptors (Lipinski definition) is 6. The van der Waals surface area contributed by atoms with Crippen LogP contribution in [-0.4, -0.2) is 64.0 Å². The van der Waals surface area contributed by atoms with Crippen molar-refractivity contribution in [2.24, 2.45) is 17.6 Å². The molecule has 1 fully saturated rings. The SMILES string of the molecule is CC(C)C(N)C(=O)NC(Cc1ccc(O)cc1)C(=O)NCC(O)CP(=O)(O)CC1CCCCC1. The fraction of sp³-hybridized carbons (Fsp3) is 0.667. The normalized spacial score (nSPS) is 19.1. The fourth-order valence-corrected chi connectivity index (χ4v) is 6.34. The molecule has 0 heterocycles. The number of nitrogens with one attached hydrogen (secondary N) is 2. The second kappa shape index (κ2) is 13.2. The number of aromatic hydroxyl groups is 1. The lowest BCUT2D eigenvalue weighted by molar-refractivity contribution is -0.130. The second-order valence-electron chi connectivity index (χ2n) is 9.82. The van der Waals surface area contributed by atoms with Gasteiger partial charge >= 0.3 is 0 Å². The molecule has 0 aromatic heterocycles. The molecule has 2 rings (SSSR count). The van der Waals surface area contributed by atoms with Crippen molar-refractivity contribution in [3.8, 4) is 5.75 Å². The number of aliphatic hydroxyl groups is 1. The van der Waals surface area contributed by atoms with Gasteiger partial charge in [0.1, 0.15) is 11.8 Å². The second-order valence-corrected chi connectivity index (χ2v) is 12.2. The van der Waals surface area contributed by atoms with Gasteiger partial charge in [-0.2, -0.15) is 0 Å². The first-order valence-corrected chi connectivity index (χ1v) is 14.1. The Morgan fingerprint density at radius 3 is 2.32 bits per heavy atom. The number of hydrogen-bond donors (Lipinski definition) is 6. The average Bonchev–Trinajstić information content (AvgIpc) is 2.77. The number of phenols is 1. The Labute approximate surface area is 202 Å². The number of aliphatic hydroxyl groups excluding tert-OH is 1. The van der Waals surface area contributed by atoms with Crippen LogP contribution in [0.25, 0.3) is 0 Å². The molecule has 0 saturated heterocycles. The van der Waals surface area contributed by atoms with E-state index in [9.17, 15) is 29.3 Å². The van der Waals surface area contributed by atoms with Crippen molar-refractivity contribution in [1.29, 1.82) is 0 Å². The van der Waals surface area contributed by atoms with Gasteiger partial charge in [0.15, 0.2) is 0 Å². The Bertz CT molecular complexity index is 842. The maximum absolute atomic E-state index is 12.9. The highest BCUT2D eigenvalue weighted by atomic mass is 31.2. The van der Waals surface area contributed by atoms with E-state index in [1.54, 1.807) is 26.0 Å². The monoisotopic (exact) mass is 497 g/mol. The Hall–Kier alpha value is -1.93. The van der Waals surface area contributed by atoms with Crippen LogP contribution in [-0.2, 0) is 20.6 Å². The van der Waals surface area contributed by atoms with Gasteiger partial charge in [-0.15, -0.1) is 0 Å². The molecule has 1 aromatic rings. The van der Waals surface area contributed by atoms with Crippen LogP contribution in [0.4, 0.5) is 0 Å². The summed E-state index contributed by atoms with van der Waals surface area (Å²) in [5.74, 6) is -0.831. The minimum Gasteiger partial charge on any atom is -0.508 e. The zero-order chi connectivity index (χ0) is 25.3. The quantitative estimate of drug-likeness (QED) is 0.240. The van der Waals surface area contributed by atoms with Crippen LogP contribution >= 0.6 is 7.37 Å². The minimum atomic E-state index is -3.52. The molecule has 1 aliphatic carbocycles. The first-order chi connectivity index (χ1) is 16.0. The molecule has 0 bridgehead atoms. The van der Waals surface area contributed by atoms with E-state index in [4.69, 9.17) is 5.73 Å². The maximum atomic E-state index is 12.9. The Balaban J connectivity index is 1.95. The molecule has 34 heavy (non-hydrogen) atoms. The lowest BCUT2D eigenvalue weighted by Crippen LogP contribution is -2.54. The van der Waals surface area contributed by atoms with Crippen molar-refractivity contribution < 1.29 is 29.3 Å². The fourth-order valence-electron chi connectivity index (χ4n) is 4.23. The van der Waals surface area contributed by atoms with E-state index in [1.165, 1.54) is 12.1 Å². The van der Waals surface area contributed by atoms with E-state index in [0.29, 0.717) is 5.56 Å². The number of nitrogens with two attached hydrogens (primary N) is 1. The van der Waals surface area contributed by atoms with Crippen molar-refractivity contribution in [1.82, 2.24) is 10.6 Å². The van der Waals surface area contributed by atoms with Crippen LogP contribution in [0, 0.1) is 11.8 Å². The molecule has 192 valence electrons. The number of carbonyl (C=O) groups excluding carboxylic acids is 2. The molecule has 1 aromatic carbocycles. The summed E-state index contributed by atoms with van der Waals surface area (Å²) in [7, 11) is -3.52. The van der Waals surface area contributed by atoms with Crippen LogP contribution < -0.4 is 16.4 Å². The van der Waals surface area contributed by atoms with Crippen LogP contribution in [0.5, 0.6) is 5.75 Å². The summed E-state index contributed by atoms with van der Waals surface area (Å²) in [5, 5.41) is 25.1. The highest BCUT2D eigenvalue weighted by molar-refractivity contribution is 7.58. The Morgan fingerprint density at radius 1 is 1.12 bits per heavy atom. The number of rotatable bonds is 12. The first-order valence-electron chi connectivity index (χ1n) is 12.1. The van der Waals surface area contributed by atoms with Gasteiger partial charge in [-0.3, -0.25) is 14.2 Å². The summed E-state index contributed by atoms with van der Waals surface area (Å²) in [4.78, 5) is 35.7. The van der Waals surface area contributed by atoms with Gasteiger partial charge in [-0.1, -0.05) is 45.2 Å². The summed E-state index contributed by atoms with van der Waals surface area (Å²) < 4.78 is 12.6. The highest BCUT2D eigenvalue weighted by Crippen LogP contribution is 2.45. The molecule has 1 saturated carbocycles.